The van der Waals surface area contributed by atoms with Crippen LogP contribution in [0.2, 0.25) is 5.02 Å². The number of carbonyl (C=O) groups is 1. The normalized spacial score (nSPS) is 11.4. The molecule has 1 N–H and O–H groups in total. The van der Waals surface area contributed by atoms with Crippen LogP contribution in [0.4, 0.5) is 24.5 Å². The van der Waals surface area contributed by atoms with Gasteiger partial charge in [0.15, 0.2) is 0 Å². The van der Waals surface area contributed by atoms with Crippen LogP contribution in [-0.2, 0) is 17.5 Å². The number of rotatable bonds is 4. The second kappa shape index (κ2) is 7.51. The second-order valence-electron chi connectivity index (χ2n) is 5.84. The van der Waals surface area contributed by atoms with Crippen molar-refractivity contribution in [2.75, 3.05) is 5.32 Å². The summed E-state index contributed by atoms with van der Waals surface area (Å²) >= 11 is 5.78. The fraction of sp³-hybridized carbons (Fsp3) is 0.118. The molecule has 12 heteroatoms. The number of fused-ring (bicyclic) bond motifs is 1. The Balaban J connectivity index is 1.93. The van der Waals surface area contributed by atoms with E-state index < -0.39 is 40.4 Å². The van der Waals surface area contributed by atoms with Crippen molar-refractivity contribution in [2.24, 2.45) is 0 Å². The predicted molar refractivity (Wildman–Crippen MR) is 97.7 cm³/mol. The minimum atomic E-state index is -4.76. The molecule has 0 atom stereocenters. The van der Waals surface area contributed by atoms with Gasteiger partial charge in [-0.1, -0.05) is 17.7 Å². The third kappa shape index (κ3) is 4.19. The number of hydrogen-bond acceptors (Lipinski definition) is 5. The molecule has 1 heterocycles. The van der Waals surface area contributed by atoms with Gasteiger partial charge in [0, 0.05) is 12.1 Å². The molecule has 0 bridgehead atoms. The third-order valence-corrected chi connectivity index (χ3v) is 4.23. The van der Waals surface area contributed by atoms with Crippen LogP contribution in [0.5, 0.6) is 0 Å². The number of non-ortho nitro benzene ring substituents is 1. The van der Waals surface area contributed by atoms with E-state index in [1.165, 1.54) is 18.2 Å². The minimum Gasteiger partial charge on any atom is -0.323 e. The lowest BCUT2D eigenvalue weighted by Crippen LogP contribution is -2.28. The Hall–Kier alpha value is -3.47. The molecule has 0 saturated carbocycles. The van der Waals surface area contributed by atoms with Crippen molar-refractivity contribution in [3.8, 4) is 0 Å². The van der Waals surface area contributed by atoms with Gasteiger partial charge in [0.05, 0.1) is 38.4 Å². The van der Waals surface area contributed by atoms with Crippen molar-refractivity contribution in [1.29, 1.82) is 0 Å². The van der Waals surface area contributed by atoms with E-state index in [1.54, 1.807) is 0 Å². The van der Waals surface area contributed by atoms with Crippen molar-refractivity contribution in [3.63, 3.8) is 0 Å². The highest BCUT2D eigenvalue weighted by atomic mass is 35.5. The molecule has 1 amide bonds. The molecule has 0 aliphatic carbocycles. The summed E-state index contributed by atoms with van der Waals surface area (Å²) in [6.07, 6.45) is -3.73. The Morgan fingerprint density at radius 1 is 1.28 bits per heavy atom. The quantitative estimate of drug-likeness (QED) is 0.506. The number of halogens is 4. The lowest BCUT2D eigenvalue weighted by Gasteiger charge is -2.15. The number of nitrogens with one attached hydrogen (secondary N) is 1. The number of nitrogens with zero attached hydrogens (tertiary/aromatic N) is 3. The maximum absolute atomic E-state index is 13.1. The van der Waals surface area contributed by atoms with Gasteiger partial charge in [-0.15, -0.1) is 0 Å². The van der Waals surface area contributed by atoms with Crippen molar-refractivity contribution >= 4 is 39.8 Å². The Bertz CT molecular complexity index is 1190. The number of nitro benzene ring substituents is 1. The number of alkyl halides is 3. The number of nitro groups is 1. The van der Waals surface area contributed by atoms with Crippen LogP contribution in [0.15, 0.2) is 47.5 Å². The van der Waals surface area contributed by atoms with E-state index in [9.17, 15) is 32.9 Å². The van der Waals surface area contributed by atoms with Crippen LogP contribution in [0.1, 0.15) is 5.56 Å². The van der Waals surface area contributed by atoms with Crippen LogP contribution < -0.4 is 10.9 Å². The largest absolute Gasteiger partial charge is 0.418 e. The number of amides is 1. The number of anilines is 1. The number of para-hydroxylation sites is 1. The van der Waals surface area contributed by atoms with E-state index in [-0.39, 0.29) is 21.6 Å². The molecule has 0 spiro atoms. The first-order valence-electron chi connectivity index (χ1n) is 7.87. The molecule has 0 radical (unpaired) electrons. The fourth-order valence-corrected chi connectivity index (χ4v) is 2.82. The number of benzene rings is 2. The zero-order valence-corrected chi connectivity index (χ0v) is 15.0. The summed E-state index contributed by atoms with van der Waals surface area (Å²) < 4.78 is 40.2. The van der Waals surface area contributed by atoms with Gasteiger partial charge < -0.3 is 5.32 Å². The van der Waals surface area contributed by atoms with E-state index in [1.807, 2.05) is 0 Å². The van der Waals surface area contributed by atoms with E-state index in [2.05, 4.69) is 10.3 Å². The summed E-state index contributed by atoms with van der Waals surface area (Å²) in [5.41, 5.74) is -2.71. The highest BCUT2D eigenvalue weighted by Crippen LogP contribution is 2.38. The first-order valence-corrected chi connectivity index (χ1v) is 8.25. The highest BCUT2D eigenvalue weighted by Gasteiger charge is 2.34. The summed E-state index contributed by atoms with van der Waals surface area (Å²) in [5.74, 6) is -0.961. The van der Waals surface area contributed by atoms with Gasteiger partial charge in [-0.25, -0.2) is 4.98 Å². The monoisotopic (exact) mass is 426 g/mol. The second-order valence-corrected chi connectivity index (χ2v) is 6.25. The standard InChI is InChI=1S/C17H10ClF3N4O4/c18-12-3-1-2-11(17(19,20)21)15(12)23-14(26)7-24-8-22-13-5-4-9(25(28)29)6-10(13)16(24)27/h1-6,8H,7H2,(H,23,26). The molecule has 29 heavy (non-hydrogen) atoms. The van der Waals surface area contributed by atoms with Crippen molar-refractivity contribution in [3.05, 3.63) is 73.8 Å². The Kier molecular flexibility index (Phi) is 5.25. The van der Waals surface area contributed by atoms with E-state index >= 15 is 0 Å². The van der Waals surface area contributed by atoms with Crippen LogP contribution >= 0.6 is 11.6 Å². The number of hydrogen-bond donors (Lipinski definition) is 1. The summed E-state index contributed by atoms with van der Waals surface area (Å²) in [6, 6.07) is 6.47. The Labute approximate surface area is 164 Å². The first kappa shape index (κ1) is 20.3. The average Bonchev–Trinajstić information content (AvgIpc) is 2.64. The molecule has 0 fully saturated rings. The van der Waals surface area contributed by atoms with Crippen LogP contribution in [0.3, 0.4) is 0 Å². The molecular weight excluding hydrogens is 417 g/mol. The molecule has 3 aromatic rings. The molecule has 0 unspecified atom stereocenters. The lowest BCUT2D eigenvalue weighted by molar-refractivity contribution is -0.384. The fourth-order valence-electron chi connectivity index (χ4n) is 2.59. The van der Waals surface area contributed by atoms with E-state index in [0.29, 0.717) is 0 Å². The average molecular weight is 427 g/mol. The zero-order valence-electron chi connectivity index (χ0n) is 14.2. The molecule has 150 valence electrons. The Morgan fingerprint density at radius 3 is 2.66 bits per heavy atom. The predicted octanol–water partition coefficient (Wildman–Crippen LogP) is 3.62. The summed E-state index contributed by atoms with van der Waals surface area (Å²) in [5, 5.41) is 12.5. The molecule has 0 saturated heterocycles. The smallest absolute Gasteiger partial charge is 0.323 e. The zero-order chi connectivity index (χ0) is 21.3. The van der Waals surface area contributed by atoms with Crippen LogP contribution in [-0.4, -0.2) is 20.4 Å². The molecule has 2 aromatic carbocycles. The van der Waals surface area contributed by atoms with Crippen LogP contribution in [0, 0.1) is 10.1 Å². The number of aromatic nitrogens is 2. The van der Waals surface area contributed by atoms with E-state index in [4.69, 9.17) is 11.6 Å². The third-order valence-electron chi connectivity index (χ3n) is 3.92. The van der Waals surface area contributed by atoms with Gasteiger partial charge in [-0.3, -0.25) is 24.3 Å². The maximum Gasteiger partial charge on any atom is 0.418 e. The van der Waals surface area contributed by atoms with Crippen molar-refractivity contribution < 1.29 is 22.9 Å². The van der Waals surface area contributed by atoms with Gasteiger partial charge in [0.2, 0.25) is 5.91 Å². The van der Waals surface area contributed by atoms with E-state index in [0.717, 1.165) is 29.1 Å². The van der Waals surface area contributed by atoms with Gasteiger partial charge in [0.25, 0.3) is 11.2 Å². The van der Waals surface area contributed by atoms with Gasteiger partial charge in [-0.2, -0.15) is 13.2 Å². The SMILES string of the molecule is O=C(Cn1cnc2ccc([N+](=O)[O-])cc2c1=O)Nc1c(Cl)cccc1C(F)(F)F. The van der Waals surface area contributed by atoms with Gasteiger partial charge in [0.1, 0.15) is 6.54 Å². The van der Waals surface area contributed by atoms with Crippen molar-refractivity contribution in [1.82, 2.24) is 9.55 Å². The lowest BCUT2D eigenvalue weighted by atomic mass is 10.1. The van der Waals surface area contributed by atoms with Gasteiger partial charge in [-0.05, 0) is 18.2 Å². The topological polar surface area (TPSA) is 107 Å². The molecule has 3 rings (SSSR count). The summed E-state index contributed by atoms with van der Waals surface area (Å²) in [6.45, 7) is -0.674. The maximum atomic E-state index is 13.1. The molecule has 1 aromatic heterocycles. The molecule has 8 nitrogen and oxygen atoms in total. The van der Waals surface area contributed by atoms with Crippen LogP contribution in [0.25, 0.3) is 10.9 Å². The Morgan fingerprint density at radius 2 is 2.00 bits per heavy atom. The van der Waals surface area contributed by atoms with Crippen molar-refractivity contribution in [2.45, 2.75) is 12.7 Å². The molecular formula is C17H10ClF3N4O4. The number of carbonyl (C=O) groups excluding carboxylic acids is 1. The molecule has 0 aliphatic rings. The highest BCUT2D eigenvalue weighted by molar-refractivity contribution is 6.34. The molecule has 0 aliphatic heterocycles. The first-order chi connectivity index (χ1) is 13.6. The minimum absolute atomic E-state index is 0.108. The van der Waals surface area contributed by atoms with Gasteiger partial charge >= 0.3 is 6.18 Å². The summed E-state index contributed by atoms with van der Waals surface area (Å²) in [7, 11) is 0. The summed E-state index contributed by atoms with van der Waals surface area (Å²) in [4.78, 5) is 38.9.